The van der Waals surface area contributed by atoms with E-state index in [2.05, 4.69) is 4.98 Å². The van der Waals surface area contributed by atoms with Crippen molar-refractivity contribution in [1.29, 1.82) is 0 Å². The Morgan fingerprint density at radius 2 is 1.73 bits per heavy atom. The number of benzene rings is 2. The minimum Gasteiger partial charge on any atom is -0.493 e. The Bertz CT molecular complexity index is 914. The molecule has 7 heteroatoms. The second-order valence-electron chi connectivity index (χ2n) is 5.38. The number of rotatable bonds is 6. The van der Waals surface area contributed by atoms with Crippen LogP contribution in [0.25, 0.3) is 10.6 Å². The summed E-state index contributed by atoms with van der Waals surface area (Å²) in [5.41, 5.74) is 8.07. The van der Waals surface area contributed by atoms with Crippen molar-refractivity contribution in [2.45, 2.75) is 0 Å². The van der Waals surface area contributed by atoms with Crippen LogP contribution in [0.2, 0.25) is 0 Å². The number of carbonyl (C=O) groups is 1. The van der Waals surface area contributed by atoms with Gasteiger partial charge in [-0.15, -0.1) is 11.3 Å². The predicted octanol–water partition coefficient (Wildman–Crippen LogP) is 3.65. The predicted molar refractivity (Wildman–Crippen MR) is 101 cm³/mol. The lowest BCUT2D eigenvalue weighted by Gasteiger charge is -2.14. The van der Waals surface area contributed by atoms with Crippen molar-refractivity contribution in [3.8, 4) is 27.8 Å². The highest BCUT2D eigenvalue weighted by Crippen LogP contribution is 2.39. The van der Waals surface area contributed by atoms with Crippen molar-refractivity contribution in [3.63, 3.8) is 0 Å². The number of nitrogen functional groups attached to an aromatic ring is 1. The molecule has 0 saturated carbocycles. The maximum absolute atomic E-state index is 13.1. The molecule has 0 aliphatic heterocycles. The molecule has 0 aliphatic rings. The number of carbonyl (C=O) groups excluding carboxylic acids is 1. The van der Waals surface area contributed by atoms with Gasteiger partial charge in [0.1, 0.15) is 5.01 Å². The van der Waals surface area contributed by atoms with Gasteiger partial charge in [-0.1, -0.05) is 0 Å². The second-order valence-corrected chi connectivity index (χ2v) is 6.28. The van der Waals surface area contributed by atoms with E-state index in [4.69, 9.17) is 19.9 Å². The first kappa shape index (κ1) is 17.8. The number of nitrogens with zero attached hydrogens (tertiary/aromatic N) is 1. The summed E-state index contributed by atoms with van der Waals surface area (Å²) >= 11 is 1.50. The summed E-state index contributed by atoms with van der Waals surface area (Å²) in [4.78, 5) is 17.4. The summed E-state index contributed by atoms with van der Waals surface area (Å²) in [6.07, 6.45) is 1.72. The van der Waals surface area contributed by atoms with Crippen LogP contribution in [0.4, 0.5) is 5.69 Å². The molecule has 0 amide bonds. The maximum atomic E-state index is 13.1. The molecule has 1 aromatic heterocycles. The van der Waals surface area contributed by atoms with Crippen LogP contribution < -0.4 is 19.9 Å². The van der Waals surface area contributed by atoms with Gasteiger partial charge in [-0.25, -0.2) is 4.98 Å². The Morgan fingerprint density at radius 1 is 1.04 bits per heavy atom. The van der Waals surface area contributed by atoms with Crippen LogP contribution in [0.15, 0.2) is 41.9 Å². The molecule has 6 nitrogen and oxygen atoms in total. The minimum absolute atomic E-state index is 0.236. The number of hydrogen-bond acceptors (Lipinski definition) is 7. The average Bonchev–Trinajstić information content (AvgIpc) is 3.21. The molecule has 3 rings (SSSR count). The normalized spacial score (nSPS) is 10.4. The molecule has 1 heterocycles. The smallest absolute Gasteiger partial charge is 0.203 e. The largest absolute Gasteiger partial charge is 0.493 e. The summed E-state index contributed by atoms with van der Waals surface area (Å²) in [5.74, 6) is 1.01. The monoisotopic (exact) mass is 370 g/mol. The van der Waals surface area contributed by atoms with Gasteiger partial charge in [-0.2, -0.15) is 0 Å². The molecule has 2 N–H and O–H groups in total. The summed E-state index contributed by atoms with van der Waals surface area (Å²) in [6, 6.07) is 8.53. The summed E-state index contributed by atoms with van der Waals surface area (Å²) in [7, 11) is 4.52. The van der Waals surface area contributed by atoms with E-state index in [0.717, 1.165) is 10.6 Å². The first-order chi connectivity index (χ1) is 12.6. The van der Waals surface area contributed by atoms with E-state index in [-0.39, 0.29) is 5.78 Å². The maximum Gasteiger partial charge on any atom is 0.203 e. The minimum atomic E-state index is -0.236. The Morgan fingerprint density at radius 3 is 2.27 bits per heavy atom. The van der Waals surface area contributed by atoms with Crippen molar-refractivity contribution >= 4 is 22.8 Å². The second kappa shape index (κ2) is 7.45. The third-order valence-electron chi connectivity index (χ3n) is 3.90. The lowest BCUT2D eigenvalue weighted by molar-refractivity contribution is 0.103. The van der Waals surface area contributed by atoms with E-state index in [9.17, 15) is 4.79 Å². The number of aromatic nitrogens is 1. The zero-order valence-electron chi connectivity index (χ0n) is 14.6. The van der Waals surface area contributed by atoms with Crippen molar-refractivity contribution in [2.75, 3.05) is 27.1 Å². The highest BCUT2D eigenvalue weighted by molar-refractivity contribution is 7.13. The van der Waals surface area contributed by atoms with Gasteiger partial charge in [0.05, 0.1) is 21.3 Å². The summed E-state index contributed by atoms with van der Waals surface area (Å²) < 4.78 is 15.9. The van der Waals surface area contributed by atoms with E-state index in [1.807, 2.05) is 11.4 Å². The molecule has 134 valence electrons. The summed E-state index contributed by atoms with van der Waals surface area (Å²) in [6.45, 7) is 0. The molecular weight excluding hydrogens is 352 g/mol. The zero-order chi connectivity index (χ0) is 18.7. The Balaban J connectivity index is 2.08. The number of anilines is 1. The molecule has 0 saturated heterocycles. The van der Waals surface area contributed by atoms with Gasteiger partial charge in [-0.3, -0.25) is 4.79 Å². The third-order valence-corrected chi connectivity index (χ3v) is 4.73. The number of thiazole rings is 1. The molecule has 26 heavy (non-hydrogen) atoms. The number of methoxy groups -OCH3 is 3. The lowest BCUT2D eigenvalue weighted by atomic mass is 9.99. The van der Waals surface area contributed by atoms with Gasteiger partial charge >= 0.3 is 0 Å². The average molecular weight is 370 g/mol. The molecule has 0 unspecified atom stereocenters. The van der Waals surface area contributed by atoms with Crippen LogP contribution in [0.1, 0.15) is 15.9 Å². The Labute approximate surface area is 155 Å². The zero-order valence-corrected chi connectivity index (χ0v) is 15.4. The molecule has 0 bridgehead atoms. The van der Waals surface area contributed by atoms with Crippen LogP contribution in [-0.2, 0) is 0 Å². The van der Waals surface area contributed by atoms with Gasteiger partial charge in [0, 0.05) is 34.0 Å². The number of ketones is 1. The Hall–Kier alpha value is -3.06. The van der Waals surface area contributed by atoms with Crippen molar-refractivity contribution in [3.05, 3.63) is 53.0 Å². The molecule has 2 aromatic carbocycles. The van der Waals surface area contributed by atoms with Crippen LogP contribution in [-0.4, -0.2) is 32.1 Å². The standard InChI is InChI=1S/C19H18N2O4S/c1-23-15-9-12(10-16(24-2)18(15)25-3)17(22)13-8-11(4-5-14(13)20)19-21-6-7-26-19/h4-10H,20H2,1-3H3. The third kappa shape index (κ3) is 3.21. The van der Waals surface area contributed by atoms with E-state index in [0.29, 0.717) is 34.1 Å². The van der Waals surface area contributed by atoms with Gasteiger partial charge in [-0.05, 0) is 30.3 Å². The molecule has 0 fully saturated rings. The van der Waals surface area contributed by atoms with Gasteiger partial charge in [0.25, 0.3) is 0 Å². The van der Waals surface area contributed by atoms with Gasteiger partial charge in [0.2, 0.25) is 5.75 Å². The van der Waals surface area contributed by atoms with Crippen molar-refractivity contribution in [2.24, 2.45) is 0 Å². The van der Waals surface area contributed by atoms with E-state index in [1.54, 1.807) is 30.5 Å². The fraction of sp³-hybridized carbons (Fsp3) is 0.158. The molecule has 0 aliphatic carbocycles. The molecule has 0 radical (unpaired) electrons. The molecule has 0 atom stereocenters. The number of nitrogens with two attached hydrogens (primary N) is 1. The van der Waals surface area contributed by atoms with Crippen LogP contribution in [0.3, 0.4) is 0 Å². The number of ether oxygens (including phenoxy) is 3. The van der Waals surface area contributed by atoms with Gasteiger partial charge in [0.15, 0.2) is 17.3 Å². The molecular formula is C19H18N2O4S. The van der Waals surface area contributed by atoms with Crippen LogP contribution >= 0.6 is 11.3 Å². The topological polar surface area (TPSA) is 83.7 Å². The van der Waals surface area contributed by atoms with Crippen LogP contribution in [0, 0.1) is 0 Å². The first-order valence-electron chi connectivity index (χ1n) is 7.73. The highest BCUT2D eigenvalue weighted by Gasteiger charge is 2.20. The van der Waals surface area contributed by atoms with Crippen molar-refractivity contribution in [1.82, 2.24) is 4.98 Å². The highest BCUT2D eigenvalue weighted by atomic mass is 32.1. The van der Waals surface area contributed by atoms with Crippen molar-refractivity contribution < 1.29 is 19.0 Å². The first-order valence-corrected chi connectivity index (χ1v) is 8.61. The quantitative estimate of drug-likeness (QED) is 0.527. The molecule has 0 spiro atoms. The number of hydrogen-bond donors (Lipinski definition) is 1. The van der Waals surface area contributed by atoms with Gasteiger partial charge < -0.3 is 19.9 Å². The fourth-order valence-electron chi connectivity index (χ4n) is 2.62. The van der Waals surface area contributed by atoms with Crippen LogP contribution in [0.5, 0.6) is 17.2 Å². The van der Waals surface area contributed by atoms with E-state index >= 15 is 0 Å². The fourth-order valence-corrected chi connectivity index (χ4v) is 3.26. The lowest BCUT2D eigenvalue weighted by Crippen LogP contribution is -2.07. The summed E-state index contributed by atoms with van der Waals surface area (Å²) in [5, 5.41) is 2.70. The van der Waals surface area contributed by atoms with E-state index < -0.39 is 0 Å². The SMILES string of the molecule is COc1cc(C(=O)c2cc(-c3nccs3)ccc2N)cc(OC)c1OC. The van der Waals surface area contributed by atoms with E-state index in [1.165, 1.54) is 32.7 Å². The Kier molecular flexibility index (Phi) is 5.09. The molecule has 3 aromatic rings.